The maximum Gasteiger partial charge on any atom is 0.196 e. The second-order valence-corrected chi connectivity index (χ2v) is 6.01. The molecule has 3 unspecified atom stereocenters. The smallest absolute Gasteiger partial charge is 0.196 e. The fourth-order valence-electron chi connectivity index (χ4n) is 2.33. The van der Waals surface area contributed by atoms with E-state index in [9.17, 15) is 0 Å². The predicted octanol–water partition coefficient (Wildman–Crippen LogP) is 4.97. The van der Waals surface area contributed by atoms with Crippen LogP contribution in [0.4, 0.5) is 0 Å². The van der Waals surface area contributed by atoms with Gasteiger partial charge in [-0.25, -0.2) is 0 Å². The van der Waals surface area contributed by atoms with Gasteiger partial charge in [-0.05, 0) is 57.7 Å². The molecule has 1 aromatic carbocycles. The molecule has 4 heteroatoms. The fraction of sp³-hybridized carbons (Fsp3) is 0.684. The van der Waals surface area contributed by atoms with Crippen LogP contribution in [-0.2, 0) is 9.47 Å². The van der Waals surface area contributed by atoms with Crippen LogP contribution in [0.3, 0.4) is 0 Å². The molecule has 1 aromatic rings. The van der Waals surface area contributed by atoms with Crippen LogP contribution in [0.2, 0.25) is 0 Å². The molecule has 0 spiro atoms. The Morgan fingerprint density at radius 2 is 1.39 bits per heavy atom. The van der Waals surface area contributed by atoms with Gasteiger partial charge in [-0.15, -0.1) is 0 Å². The Hall–Kier alpha value is -1.26. The van der Waals surface area contributed by atoms with Crippen molar-refractivity contribution in [2.75, 3.05) is 13.2 Å². The third-order valence-corrected chi connectivity index (χ3v) is 3.87. The highest BCUT2D eigenvalue weighted by atomic mass is 16.7. The lowest BCUT2D eigenvalue weighted by Crippen LogP contribution is -2.19. The van der Waals surface area contributed by atoms with E-state index in [0.29, 0.717) is 25.0 Å². The summed E-state index contributed by atoms with van der Waals surface area (Å²) in [5.74, 6) is 2.50. The second-order valence-electron chi connectivity index (χ2n) is 6.01. The monoisotopic (exact) mass is 324 g/mol. The lowest BCUT2D eigenvalue weighted by atomic mass is 9.89. The summed E-state index contributed by atoms with van der Waals surface area (Å²) in [6, 6.07) is 5.92. The van der Waals surface area contributed by atoms with Crippen molar-refractivity contribution in [2.45, 2.75) is 67.0 Å². The lowest BCUT2D eigenvalue weighted by Gasteiger charge is -2.24. The third-order valence-electron chi connectivity index (χ3n) is 3.87. The highest BCUT2D eigenvalue weighted by molar-refractivity contribution is 5.42. The Morgan fingerprint density at radius 1 is 0.826 bits per heavy atom. The van der Waals surface area contributed by atoms with Gasteiger partial charge in [0.15, 0.2) is 12.6 Å². The molecule has 3 atom stereocenters. The van der Waals surface area contributed by atoms with Crippen molar-refractivity contribution in [1.29, 1.82) is 0 Å². The van der Waals surface area contributed by atoms with E-state index in [1.54, 1.807) is 0 Å². The Labute approximate surface area is 141 Å². The van der Waals surface area contributed by atoms with Crippen molar-refractivity contribution in [3.05, 3.63) is 23.8 Å². The molecule has 0 aliphatic rings. The van der Waals surface area contributed by atoms with E-state index in [2.05, 4.69) is 20.8 Å². The van der Waals surface area contributed by atoms with Crippen molar-refractivity contribution in [3.8, 4) is 11.5 Å². The summed E-state index contributed by atoms with van der Waals surface area (Å²) in [5, 5.41) is 0. The largest absolute Gasteiger partial charge is 0.465 e. The van der Waals surface area contributed by atoms with Crippen LogP contribution in [0, 0.1) is 5.92 Å². The van der Waals surface area contributed by atoms with E-state index >= 15 is 0 Å². The SMILES string of the molecule is CCOC(C)Oc1ccc(OC(C)OCC)c(C(C)C(C)C)c1. The topological polar surface area (TPSA) is 36.9 Å². The summed E-state index contributed by atoms with van der Waals surface area (Å²) >= 11 is 0. The summed E-state index contributed by atoms with van der Waals surface area (Å²) in [4.78, 5) is 0. The first-order valence-electron chi connectivity index (χ1n) is 8.59. The van der Waals surface area contributed by atoms with Gasteiger partial charge in [0.1, 0.15) is 11.5 Å². The van der Waals surface area contributed by atoms with Crippen LogP contribution in [0.5, 0.6) is 11.5 Å². The molecule has 0 saturated heterocycles. The summed E-state index contributed by atoms with van der Waals surface area (Å²) in [6.07, 6.45) is -0.538. The quantitative estimate of drug-likeness (QED) is 0.569. The van der Waals surface area contributed by atoms with Gasteiger partial charge >= 0.3 is 0 Å². The van der Waals surface area contributed by atoms with Crippen molar-refractivity contribution in [1.82, 2.24) is 0 Å². The first-order valence-corrected chi connectivity index (χ1v) is 8.59. The average molecular weight is 324 g/mol. The van der Waals surface area contributed by atoms with Crippen molar-refractivity contribution < 1.29 is 18.9 Å². The van der Waals surface area contributed by atoms with E-state index in [-0.39, 0.29) is 12.6 Å². The van der Waals surface area contributed by atoms with Gasteiger partial charge in [-0.3, -0.25) is 0 Å². The van der Waals surface area contributed by atoms with E-state index < -0.39 is 0 Å². The highest BCUT2D eigenvalue weighted by Crippen LogP contribution is 2.35. The Balaban J connectivity index is 3.00. The standard InChI is InChI=1S/C19H32O4/c1-8-20-15(6)22-17-10-11-19(23-16(7)21-9-2)18(12-17)14(5)13(3)4/h10-16H,8-9H2,1-7H3. The molecule has 0 aromatic heterocycles. The molecule has 4 nitrogen and oxygen atoms in total. The Morgan fingerprint density at radius 3 is 1.91 bits per heavy atom. The van der Waals surface area contributed by atoms with Gasteiger partial charge in [0.05, 0.1) is 0 Å². The molecule has 0 aliphatic heterocycles. The number of rotatable bonds is 10. The molecule has 0 aliphatic carbocycles. The van der Waals surface area contributed by atoms with Crippen LogP contribution in [0.1, 0.15) is 59.9 Å². The van der Waals surface area contributed by atoms with Gasteiger partial charge < -0.3 is 18.9 Å². The van der Waals surface area contributed by atoms with Gasteiger partial charge in [0.25, 0.3) is 0 Å². The molecular weight excluding hydrogens is 292 g/mol. The van der Waals surface area contributed by atoms with Crippen LogP contribution < -0.4 is 9.47 Å². The van der Waals surface area contributed by atoms with Crippen LogP contribution in [0.25, 0.3) is 0 Å². The lowest BCUT2D eigenvalue weighted by molar-refractivity contribution is -0.0641. The Kier molecular flexibility index (Phi) is 8.42. The zero-order chi connectivity index (χ0) is 17.4. The molecule has 0 amide bonds. The highest BCUT2D eigenvalue weighted by Gasteiger charge is 2.18. The minimum absolute atomic E-state index is 0.267. The number of hydrogen-bond acceptors (Lipinski definition) is 4. The van der Waals surface area contributed by atoms with E-state index in [0.717, 1.165) is 17.1 Å². The summed E-state index contributed by atoms with van der Waals surface area (Å²) in [5.41, 5.74) is 1.13. The van der Waals surface area contributed by atoms with Gasteiger partial charge in [0, 0.05) is 18.8 Å². The molecule has 0 fully saturated rings. The third kappa shape index (κ3) is 6.40. The fourth-order valence-corrected chi connectivity index (χ4v) is 2.33. The van der Waals surface area contributed by atoms with Crippen molar-refractivity contribution >= 4 is 0 Å². The van der Waals surface area contributed by atoms with E-state index in [4.69, 9.17) is 18.9 Å². The predicted molar refractivity (Wildman–Crippen MR) is 93.1 cm³/mol. The molecular formula is C19H32O4. The van der Waals surface area contributed by atoms with Crippen molar-refractivity contribution in [3.63, 3.8) is 0 Å². The second kappa shape index (κ2) is 9.78. The molecule has 23 heavy (non-hydrogen) atoms. The first kappa shape index (κ1) is 19.8. The normalized spacial score (nSPS) is 15.3. The maximum atomic E-state index is 5.96. The van der Waals surface area contributed by atoms with Gasteiger partial charge in [-0.2, -0.15) is 0 Å². The molecule has 0 bridgehead atoms. The molecule has 0 radical (unpaired) electrons. The van der Waals surface area contributed by atoms with Crippen LogP contribution in [-0.4, -0.2) is 25.8 Å². The van der Waals surface area contributed by atoms with Crippen LogP contribution in [0.15, 0.2) is 18.2 Å². The molecule has 0 heterocycles. The summed E-state index contributed by atoms with van der Waals surface area (Å²) in [7, 11) is 0. The minimum atomic E-state index is -0.271. The van der Waals surface area contributed by atoms with Crippen molar-refractivity contribution in [2.24, 2.45) is 5.92 Å². The number of ether oxygens (including phenoxy) is 4. The summed E-state index contributed by atoms with van der Waals surface area (Å²) in [6.45, 7) is 15.6. The number of hydrogen-bond donors (Lipinski definition) is 0. The molecule has 1 rings (SSSR count). The first-order chi connectivity index (χ1) is 10.9. The maximum absolute atomic E-state index is 5.96. The van der Waals surface area contributed by atoms with E-state index in [1.807, 2.05) is 45.9 Å². The van der Waals surface area contributed by atoms with Gasteiger partial charge in [0.2, 0.25) is 0 Å². The summed E-state index contributed by atoms with van der Waals surface area (Å²) < 4.78 is 22.7. The minimum Gasteiger partial charge on any atom is -0.465 e. The number of benzene rings is 1. The Bertz CT molecular complexity index is 459. The molecule has 0 N–H and O–H groups in total. The zero-order valence-corrected chi connectivity index (χ0v) is 15.6. The van der Waals surface area contributed by atoms with Crippen LogP contribution >= 0.6 is 0 Å². The molecule has 132 valence electrons. The molecule has 0 saturated carbocycles. The van der Waals surface area contributed by atoms with E-state index in [1.165, 1.54) is 0 Å². The average Bonchev–Trinajstić information content (AvgIpc) is 2.48. The zero-order valence-electron chi connectivity index (χ0n) is 15.6. The van der Waals surface area contributed by atoms with Gasteiger partial charge in [-0.1, -0.05) is 20.8 Å².